The van der Waals surface area contributed by atoms with Gasteiger partial charge in [0.05, 0.1) is 43.6 Å². The van der Waals surface area contributed by atoms with Crippen LogP contribution in [0.25, 0.3) is 0 Å². The molecule has 0 bridgehead atoms. The van der Waals surface area contributed by atoms with Crippen molar-refractivity contribution in [3.63, 3.8) is 0 Å². The molecule has 8 heteroatoms. The molecule has 9 rings (SSSR count). The summed E-state index contributed by atoms with van der Waals surface area (Å²) >= 11 is 0. The van der Waals surface area contributed by atoms with Crippen molar-refractivity contribution < 1.29 is 23.9 Å². The van der Waals surface area contributed by atoms with Gasteiger partial charge in [-0.1, -0.05) is 121 Å². The Balaban J connectivity index is 1.32. The van der Waals surface area contributed by atoms with Crippen molar-refractivity contribution >= 4 is 17.2 Å². The monoisotopic (exact) mass is 743 g/mol. The molecule has 6 aromatic rings. The maximum atomic E-state index is 16.9. The Morgan fingerprint density at radius 3 is 1.57 bits per heavy atom. The van der Waals surface area contributed by atoms with E-state index in [2.05, 4.69) is 72.6 Å². The first-order valence-corrected chi connectivity index (χ1v) is 19.1. The highest BCUT2D eigenvalue weighted by Crippen LogP contribution is 2.65. The van der Waals surface area contributed by atoms with Gasteiger partial charge in [0.2, 0.25) is 0 Å². The highest BCUT2D eigenvalue weighted by Gasteiger charge is 2.73. The number of hydrogen-bond donors (Lipinski definition) is 0. The fraction of sp³-hybridized carbons (Fsp3) is 0.229. The first kappa shape index (κ1) is 35.8. The van der Waals surface area contributed by atoms with Crippen molar-refractivity contribution in [2.75, 3.05) is 44.5 Å². The number of ether oxygens (including phenoxy) is 2. The molecule has 6 aromatic carbocycles. The molecule has 0 amide bonds. The van der Waals surface area contributed by atoms with E-state index >= 15 is 4.79 Å². The Kier molecular flexibility index (Phi) is 9.33. The number of methoxy groups -OCH3 is 2. The number of rotatable bonds is 8. The van der Waals surface area contributed by atoms with Gasteiger partial charge in [0.25, 0.3) is 0 Å². The molecule has 0 radical (unpaired) electrons. The molecule has 0 unspecified atom stereocenters. The summed E-state index contributed by atoms with van der Waals surface area (Å²) < 4.78 is 11.2. The van der Waals surface area contributed by atoms with E-state index in [0.29, 0.717) is 13.1 Å². The first-order valence-electron chi connectivity index (χ1n) is 19.1. The van der Waals surface area contributed by atoms with Crippen LogP contribution in [0.3, 0.4) is 0 Å². The second kappa shape index (κ2) is 14.6. The first-order chi connectivity index (χ1) is 27.5. The van der Waals surface area contributed by atoms with E-state index < -0.39 is 29.1 Å². The van der Waals surface area contributed by atoms with Crippen LogP contribution in [0, 0.1) is 5.41 Å². The lowest BCUT2D eigenvalue weighted by Gasteiger charge is -2.51. The molecule has 0 aromatic heterocycles. The molecule has 3 aliphatic rings. The van der Waals surface area contributed by atoms with Gasteiger partial charge in [-0.15, -0.1) is 0 Å². The number of ketones is 1. The highest BCUT2D eigenvalue weighted by atomic mass is 16.7. The fourth-order valence-electron chi connectivity index (χ4n) is 9.48. The third-order valence-corrected chi connectivity index (χ3v) is 11.8. The van der Waals surface area contributed by atoms with Gasteiger partial charge in [-0.05, 0) is 77.8 Å². The summed E-state index contributed by atoms with van der Waals surface area (Å²) in [5, 5.41) is 3.95. The van der Waals surface area contributed by atoms with Crippen LogP contribution in [0.5, 0.6) is 11.5 Å². The Hall–Kier alpha value is -5.93. The van der Waals surface area contributed by atoms with Crippen LogP contribution in [0.1, 0.15) is 46.4 Å². The van der Waals surface area contributed by atoms with Gasteiger partial charge in [-0.25, -0.2) is 10.1 Å². The molecule has 0 saturated carbocycles. The topological polar surface area (TPSA) is 63.7 Å². The standard InChI is InChI=1S/C48H45N3O5/c1-49-32-47(44(36-18-10-5-11-19-36)51(39-22-14-7-15-23-39)55-45(47)37-26-30-41(54-3)31-27-37)46(52)48(33-49)42(34-24-28-40(53-2)29-25-34)43(35-16-8-4-9-17-35)50(56-48)38-20-12-6-13-21-38/h4-31,42-45H,32-33H2,1-3H3/t42-,43-,44-,45+,47-,48+/m1/s1. The Labute approximate surface area is 328 Å². The molecule has 3 saturated heterocycles. The maximum absolute atomic E-state index is 16.9. The summed E-state index contributed by atoms with van der Waals surface area (Å²) in [7, 11) is 5.43. The summed E-state index contributed by atoms with van der Waals surface area (Å²) in [6.07, 6.45) is -0.688. The van der Waals surface area contributed by atoms with Gasteiger partial charge in [0.1, 0.15) is 23.0 Å². The number of piperidine rings is 1. The minimum Gasteiger partial charge on any atom is -0.497 e. The summed E-state index contributed by atoms with van der Waals surface area (Å²) in [6, 6.07) is 56.1. The third-order valence-electron chi connectivity index (χ3n) is 11.8. The average molecular weight is 744 g/mol. The van der Waals surface area contributed by atoms with Crippen LogP contribution in [0.2, 0.25) is 0 Å². The molecule has 56 heavy (non-hydrogen) atoms. The lowest BCUT2D eigenvalue weighted by molar-refractivity contribution is -0.171. The van der Waals surface area contributed by atoms with Gasteiger partial charge >= 0.3 is 0 Å². The van der Waals surface area contributed by atoms with Crippen LogP contribution in [0.15, 0.2) is 170 Å². The molecule has 0 N–H and O–H groups in total. The van der Waals surface area contributed by atoms with Crippen LogP contribution < -0.4 is 19.6 Å². The molecule has 2 spiro atoms. The van der Waals surface area contributed by atoms with Crippen molar-refractivity contribution in [2.24, 2.45) is 5.41 Å². The van der Waals surface area contributed by atoms with E-state index in [1.165, 1.54) is 0 Å². The van der Waals surface area contributed by atoms with Gasteiger partial charge < -0.3 is 14.4 Å². The third kappa shape index (κ3) is 5.84. The van der Waals surface area contributed by atoms with Gasteiger partial charge in [0.15, 0.2) is 11.4 Å². The molecule has 3 aliphatic heterocycles. The largest absolute Gasteiger partial charge is 0.497 e. The normalized spacial score (nSPS) is 26.2. The molecular formula is C48H45N3O5. The molecule has 6 atom stereocenters. The number of Topliss-reactive ketones (excluding diaryl/α,β-unsaturated/α-hetero) is 1. The van der Waals surface area contributed by atoms with Crippen molar-refractivity contribution in [3.05, 3.63) is 192 Å². The van der Waals surface area contributed by atoms with Crippen molar-refractivity contribution in [3.8, 4) is 11.5 Å². The summed E-state index contributed by atoms with van der Waals surface area (Å²) in [5.41, 5.74) is 3.07. The van der Waals surface area contributed by atoms with E-state index in [-0.39, 0.29) is 11.8 Å². The number of carbonyl (C=O) groups excluding carboxylic acids is 1. The number of carbonyl (C=O) groups is 1. The number of nitrogens with zero attached hydrogens (tertiary/aromatic N) is 3. The van der Waals surface area contributed by atoms with Crippen LogP contribution in [-0.4, -0.2) is 50.6 Å². The number of anilines is 2. The maximum Gasteiger partial charge on any atom is 0.182 e. The SMILES string of the molecule is COc1ccc([C@@H]2[C@@H](c3ccccc3)N(c3ccccc3)O[C@@]23CN(C)C[C@]2(C3=O)[C@H](c3ccc(OC)cc3)ON(c3ccccc3)[C@@H]2c2ccccc2)cc1. The fourth-order valence-corrected chi connectivity index (χ4v) is 9.48. The van der Waals surface area contributed by atoms with Gasteiger partial charge in [0, 0.05) is 13.1 Å². The molecular weight excluding hydrogens is 699 g/mol. The van der Waals surface area contributed by atoms with E-state index in [0.717, 1.165) is 45.1 Å². The number of likely N-dealkylation sites (N-methyl/N-ethyl adjacent to an activating group) is 1. The highest BCUT2D eigenvalue weighted by molar-refractivity contribution is 5.98. The molecule has 3 fully saturated rings. The Morgan fingerprint density at radius 1 is 0.554 bits per heavy atom. The lowest BCUT2D eigenvalue weighted by Crippen LogP contribution is -2.67. The second-order valence-electron chi connectivity index (χ2n) is 15.0. The van der Waals surface area contributed by atoms with E-state index in [1.807, 2.05) is 119 Å². The van der Waals surface area contributed by atoms with Crippen LogP contribution >= 0.6 is 0 Å². The van der Waals surface area contributed by atoms with Crippen LogP contribution in [-0.2, 0) is 14.5 Å². The lowest BCUT2D eigenvalue weighted by atomic mass is 9.58. The number of benzene rings is 6. The van der Waals surface area contributed by atoms with Crippen molar-refractivity contribution in [1.82, 2.24) is 4.90 Å². The Bertz CT molecular complexity index is 2260. The van der Waals surface area contributed by atoms with Crippen molar-refractivity contribution in [2.45, 2.75) is 29.7 Å². The summed E-state index contributed by atoms with van der Waals surface area (Å²) in [5.74, 6) is 1.03. The second-order valence-corrected chi connectivity index (χ2v) is 15.0. The number of para-hydroxylation sites is 2. The van der Waals surface area contributed by atoms with Crippen LogP contribution in [0.4, 0.5) is 11.4 Å². The van der Waals surface area contributed by atoms with E-state index in [9.17, 15) is 0 Å². The number of hydrogen-bond acceptors (Lipinski definition) is 8. The van der Waals surface area contributed by atoms with E-state index in [4.69, 9.17) is 19.1 Å². The van der Waals surface area contributed by atoms with E-state index in [1.54, 1.807) is 14.2 Å². The average Bonchev–Trinajstić information content (AvgIpc) is 3.78. The smallest absolute Gasteiger partial charge is 0.182 e. The number of hydroxylamine groups is 2. The predicted molar refractivity (Wildman–Crippen MR) is 218 cm³/mol. The zero-order valence-electron chi connectivity index (χ0n) is 31.8. The molecule has 8 nitrogen and oxygen atoms in total. The van der Waals surface area contributed by atoms with Crippen molar-refractivity contribution in [1.29, 1.82) is 0 Å². The molecule has 282 valence electrons. The minimum absolute atomic E-state index is 0.00335. The zero-order chi connectivity index (χ0) is 38.3. The predicted octanol–water partition coefficient (Wildman–Crippen LogP) is 9.15. The minimum atomic E-state index is -1.37. The molecule has 0 aliphatic carbocycles. The molecule has 3 heterocycles. The zero-order valence-corrected chi connectivity index (χ0v) is 31.8. The van der Waals surface area contributed by atoms with Gasteiger partial charge in [-0.2, -0.15) is 0 Å². The van der Waals surface area contributed by atoms with Gasteiger partial charge in [-0.3, -0.25) is 14.5 Å². The summed E-state index contributed by atoms with van der Waals surface area (Å²) in [6.45, 7) is 0.784. The summed E-state index contributed by atoms with van der Waals surface area (Å²) in [4.78, 5) is 33.9. The quantitative estimate of drug-likeness (QED) is 0.153. The Morgan fingerprint density at radius 2 is 1.04 bits per heavy atom. The number of likely N-dealkylation sites (tertiary alicyclic amines) is 1.